The molecule has 114 valence electrons. The molecule has 1 atom stereocenters. The zero-order valence-corrected chi connectivity index (χ0v) is 13.3. The van der Waals surface area contributed by atoms with E-state index in [-0.39, 0.29) is 6.10 Å². The topological polar surface area (TPSA) is 41.3 Å². The Labute approximate surface area is 130 Å². The third kappa shape index (κ3) is 3.73. The maximum absolute atomic E-state index is 10.4. The molecule has 2 aromatic heterocycles. The number of aliphatic hydroxyl groups excluding tert-OH is 1. The number of nitrogens with zero attached hydrogens (tertiary/aromatic N) is 3. The van der Waals surface area contributed by atoms with Crippen LogP contribution in [0.3, 0.4) is 0 Å². The summed E-state index contributed by atoms with van der Waals surface area (Å²) < 4.78 is 2.06. The van der Waals surface area contributed by atoms with E-state index in [0.29, 0.717) is 6.54 Å². The fourth-order valence-electron chi connectivity index (χ4n) is 2.91. The number of thiophene rings is 1. The maximum Gasteiger partial charge on any atom is 0.150 e. The van der Waals surface area contributed by atoms with Crippen LogP contribution in [0.15, 0.2) is 29.9 Å². The van der Waals surface area contributed by atoms with Crippen LogP contribution in [0, 0.1) is 5.92 Å². The van der Waals surface area contributed by atoms with Gasteiger partial charge in [-0.2, -0.15) is 0 Å². The van der Waals surface area contributed by atoms with E-state index < -0.39 is 0 Å². The van der Waals surface area contributed by atoms with Crippen LogP contribution >= 0.6 is 11.3 Å². The van der Waals surface area contributed by atoms with E-state index in [4.69, 9.17) is 0 Å². The number of hydrogen-bond donors (Lipinski definition) is 1. The first-order valence-corrected chi connectivity index (χ1v) is 8.56. The van der Waals surface area contributed by atoms with Crippen molar-refractivity contribution < 1.29 is 5.11 Å². The van der Waals surface area contributed by atoms with Crippen LogP contribution in [-0.4, -0.2) is 45.3 Å². The van der Waals surface area contributed by atoms with Crippen LogP contribution in [-0.2, 0) is 6.54 Å². The van der Waals surface area contributed by atoms with Crippen molar-refractivity contribution in [3.63, 3.8) is 0 Å². The van der Waals surface area contributed by atoms with Gasteiger partial charge in [-0.25, -0.2) is 4.98 Å². The number of aliphatic hydroxyl groups is 1. The minimum absolute atomic E-state index is 0.341. The lowest BCUT2D eigenvalue weighted by Crippen LogP contribution is -2.39. The van der Waals surface area contributed by atoms with Crippen molar-refractivity contribution in [1.29, 1.82) is 0 Å². The number of β-amino-alcohol motifs (C(OH)–C–C–N with tert-alkyl or cyclic N) is 1. The molecule has 0 saturated carbocycles. The van der Waals surface area contributed by atoms with Crippen molar-refractivity contribution in [3.05, 3.63) is 29.9 Å². The summed E-state index contributed by atoms with van der Waals surface area (Å²) in [5, 5.41) is 12.4. The van der Waals surface area contributed by atoms with Gasteiger partial charge < -0.3 is 14.6 Å². The zero-order chi connectivity index (χ0) is 14.7. The number of imidazole rings is 1. The second kappa shape index (κ2) is 6.73. The van der Waals surface area contributed by atoms with E-state index in [0.717, 1.165) is 36.3 Å². The monoisotopic (exact) mass is 305 g/mol. The molecule has 0 radical (unpaired) electrons. The lowest BCUT2D eigenvalue weighted by atomic mass is 9.99. The molecule has 0 aliphatic carbocycles. The Balaban J connectivity index is 1.58. The van der Waals surface area contributed by atoms with E-state index in [1.165, 1.54) is 12.8 Å². The fourth-order valence-corrected chi connectivity index (χ4v) is 3.65. The van der Waals surface area contributed by atoms with E-state index in [1.807, 2.05) is 18.5 Å². The van der Waals surface area contributed by atoms with Crippen LogP contribution in [0.4, 0.5) is 0 Å². The van der Waals surface area contributed by atoms with Crippen molar-refractivity contribution in [3.8, 4) is 10.7 Å². The second-order valence-corrected chi connectivity index (χ2v) is 6.97. The molecule has 4 nitrogen and oxygen atoms in total. The van der Waals surface area contributed by atoms with Crippen LogP contribution in [0.25, 0.3) is 10.7 Å². The van der Waals surface area contributed by atoms with Gasteiger partial charge in [0.05, 0.1) is 17.5 Å². The Morgan fingerprint density at radius 3 is 2.90 bits per heavy atom. The first kappa shape index (κ1) is 14.8. The average Bonchev–Trinajstić information content (AvgIpc) is 3.11. The zero-order valence-electron chi connectivity index (χ0n) is 12.5. The minimum Gasteiger partial charge on any atom is -0.390 e. The van der Waals surface area contributed by atoms with Gasteiger partial charge in [-0.05, 0) is 43.3 Å². The number of aromatic nitrogens is 2. The molecule has 1 aliphatic heterocycles. The SMILES string of the molecule is CC1CCN(CC(O)Cn2ccnc2-c2cccs2)CC1. The molecule has 0 spiro atoms. The first-order chi connectivity index (χ1) is 10.2. The molecule has 0 amide bonds. The molecular weight excluding hydrogens is 282 g/mol. The molecule has 21 heavy (non-hydrogen) atoms. The summed E-state index contributed by atoms with van der Waals surface area (Å²) in [5.74, 6) is 1.79. The summed E-state index contributed by atoms with van der Waals surface area (Å²) in [5.41, 5.74) is 0. The Kier molecular flexibility index (Phi) is 4.73. The van der Waals surface area contributed by atoms with Gasteiger partial charge in [0.15, 0.2) is 0 Å². The maximum atomic E-state index is 10.4. The van der Waals surface area contributed by atoms with Crippen LogP contribution in [0.1, 0.15) is 19.8 Å². The first-order valence-electron chi connectivity index (χ1n) is 7.68. The van der Waals surface area contributed by atoms with E-state index in [2.05, 4.69) is 32.8 Å². The molecule has 0 bridgehead atoms. The molecule has 1 fully saturated rings. The predicted molar refractivity (Wildman–Crippen MR) is 86.4 cm³/mol. The minimum atomic E-state index is -0.341. The number of rotatable bonds is 5. The van der Waals surface area contributed by atoms with Gasteiger partial charge >= 0.3 is 0 Å². The predicted octanol–water partition coefficient (Wildman–Crippen LogP) is 2.70. The molecule has 2 aromatic rings. The number of likely N-dealkylation sites (tertiary alicyclic amines) is 1. The largest absolute Gasteiger partial charge is 0.390 e. The highest BCUT2D eigenvalue weighted by atomic mass is 32.1. The lowest BCUT2D eigenvalue weighted by Gasteiger charge is -2.31. The highest BCUT2D eigenvalue weighted by Gasteiger charge is 2.19. The van der Waals surface area contributed by atoms with E-state index >= 15 is 0 Å². The molecule has 5 heteroatoms. The van der Waals surface area contributed by atoms with Crippen molar-refractivity contribution in [1.82, 2.24) is 14.5 Å². The molecule has 1 N–H and O–H groups in total. The van der Waals surface area contributed by atoms with Gasteiger partial charge in [0.1, 0.15) is 5.82 Å². The number of hydrogen-bond acceptors (Lipinski definition) is 4. The summed E-state index contributed by atoms with van der Waals surface area (Å²) in [6.45, 7) is 5.90. The van der Waals surface area contributed by atoms with Gasteiger partial charge in [0.2, 0.25) is 0 Å². The quantitative estimate of drug-likeness (QED) is 0.923. The summed E-state index contributed by atoms with van der Waals surface area (Å²) >= 11 is 1.68. The standard InChI is InChI=1S/C16H23N3OS/c1-13-4-7-18(8-5-13)11-14(20)12-19-9-6-17-16(19)15-3-2-10-21-15/h2-3,6,9-10,13-14,20H,4-5,7-8,11-12H2,1H3. The van der Waals surface area contributed by atoms with E-state index in [9.17, 15) is 5.11 Å². The van der Waals surface area contributed by atoms with Gasteiger partial charge in [-0.1, -0.05) is 13.0 Å². The molecule has 0 aromatic carbocycles. The molecule has 1 aliphatic rings. The summed E-state index contributed by atoms with van der Waals surface area (Å²) in [4.78, 5) is 7.95. The normalized spacial score (nSPS) is 19.0. The average molecular weight is 305 g/mol. The summed E-state index contributed by atoms with van der Waals surface area (Å²) in [6, 6.07) is 4.10. The van der Waals surface area contributed by atoms with Crippen LogP contribution < -0.4 is 0 Å². The Morgan fingerprint density at radius 2 is 2.19 bits per heavy atom. The van der Waals surface area contributed by atoms with Gasteiger partial charge in [-0.15, -0.1) is 11.3 Å². The molecule has 3 rings (SSSR count). The van der Waals surface area contributed by atoms with Crippen molar-refractivity contribution in [2.75, 3.05) is 19.6 Å². The van der Waals surface area contributed by atoms with Crippen LogP contribution in [0.2, 0.25) is 0 Å². The van der Waals surface area contributed by atoms with Gasteiger partial charge in [0.25, 0.3) is 0 Å². The summed E-state index contributed by atoms with van der Waals surface area (Å²) in [6.07, 6.45) is 5.92. The van der Waals surface area contributed by atoms with E-state index in [1.54, 1.807) is 11.3 Å². The Bertz CT molecular complexity index is 544. The van der Waals surface area contributed by atoms with Gasteiger partial charge in [-0.3, -0.25) is 0 Å². The van der Waals surface area contributed by atoms with Crippen LogP contribution in [0.5, 0.6) is 0 Å². The number of piperidine rings is 1. The van der Waals surface area contributed by atoms with Crippen molar-refractivity contribution in [2.45, 2.75) is 32.4 Å². The third-order valence-corrected chi connectivity index (χ3v) is 5.08. The highest BCUT2D eigenvalue weighted by molar-refractivity contribution is 7.13. The Morgan fingerprint density at radius 1 is 1.38 bits per heavy atom. The fraction of sp³-hybridized carbons (Fsp3) is 0.562. The smallest absolute Gasteiger partial charge is 0.150 e. The molecular formula is C16H23N3OS. The lowest BCUT2D eigenvalue weighted by molar-refractivity contribution is 0.0804. The summed E-state index contributed by atoms with van der Waals surface area (Å²) in [7, 11) is 0. The molecule has 1 saturated heterocycles. The second-order valence-electron chi connectivity index (χ2n) is 6.02. The molecule has 1 unspecified atom stereocenters. The Hall–Kier alpha value is -1.17. The molecule has 3 heterocycles. The van der Waals surface area contributed by atoms with Crippen molar-refractivity contribution >= 4 is 11.3 Å². The van der Waals surface area contributed by atoms with Crippen molar-refractivity contribution in [2.24, 2.45) is 5.92 Å². The highest BCUT2D eigenvalue weighted by Crippen LogP contribution is 2.23. The third-order valence-electron chi connectivity index (χ3n) is 4.21. The van der Waals surface area contributed by atoms with Gasteiger partial charge in [0, 0.05) is 18.9 Å².